The van der Waals surface area contributed by atoms with E-state index in [9.17, 15) is 9.59 Å². The zero-order chi connectivity index (χ0) is 21.7. The number of hydrogen-bond donors (Lipinski definition) is 3. The number of anilines is 1. The van der Waals surface area contributed by atoms with Crippen molar-refractivity contribution in [2.45, 2.75) is 33.2 Å². The van der Waals surface area contributed by atoms with Gasteiger partial charge in [-0.1, -0.05) is 43.6 Å². The van der Waals surface area contributed by atoms with Crippen molar-refractivity contribution in [1.82, 2.24) is 10.3 Å². The number of carbonyl (C=O) groups is 2. The number of ether oxygens (including phenoxy) is 1. The van der Waals surface area contributed by atoms with E-state index < -0.39 is 12.1 Å². The maximum absolute atomic E-state index is 13.1. The summed E-state index contributed by atoms with van der Waals surface area (Å²) in [7, 11) is 0. The number of carbonyl (C=O) groups excluding carboxylic acids is 2. The summed E-state index contributed by atoms with van der Waals surface area (Å²) in [6.07, 6.45) is 1.57. The van der Waals surface area contributed by atoms with E-state index in [0.29, 0.717) is 17.1 Å². The van der Waals surface area contributed by atoms with E-state index in [0.717, 1.165) is 22.0 Å². The van der Waals surface area contributed by atoms with Crippen molar-refractivity contribution in [2.75, 3.05) is 11.9 Å². The Bertz CT molecular complexity index is 1050. The van der Waals surface area contributed by atoms with Crippen LogP contribution in [0.2, 0.25) is 5.02 Å². The van der Waals surface area contributed by atoms with Crippen molar-refractivity contribution < 1.29 is 14.3 Å². The molecule has 158 valence electrons. The number of nitrogens with one attached hydrogen (secondary N) is 3. The summed E-state index contributed by atoms with van der Waals surface area (Å²) in [5, 5.41) is 7.21. The van der Waals surface area contributed by atoms with E-state index in [1.54, 1.807) is 18.2 Å². The summed E-state index contributed by atoms with van der Waals surface area (Å²) in [6, 6.07) is 12.3. The van der Waals surface area contributed by atoms with Crippen LogP contribution in [0.15, 0.2) is 48.7 Å². The zero-order valence-electron chi connectivity index (χ0n) is 17.3. The molecule has 7 heteroatoms. The van der Waals surface area contributed by atoms with Crippen LogP contribution >= 0.6 is 11.6 Å². The van der Waals surface area contributed by atoms with Crippen molar-refractivity contribution in [2.24, 2.45) is 5.92 Å². The quantitative estimate of drug-likeness (QED) is 0.492. The Kier molecular flexibility index (Phi) is 7.00. The second-order valence-electron chi connectivity index (χ2n) is 7.70. The van der Waals surface area contributed by atoms with Crippen molar-refractivity contribution in [1.29, 1.82) is 0 Å². The molecule has 0 fully saturated rings. The molecule has 0 unspecified atom stereocenters. The number of aromatic nitrogens is 1. The first-order valence-electron chi connectivity index (χ1n) is 9.88. The second-order valence-corrected chi connectivity index (χ2v) is 8.14. The molecule has 0 aliphatic carbocycles. The van der Waals surface area contributed by atoms with Gasteiger partial charge in [-0.3, -0.25) is 4.79 Å². The van der Waals surface area contributed by atoms with Gasteiger partial charge in [0.2, 0.25) is 5.91 Å². The molecule has 2 aromatic carbocycles. The van der Waals surface area contributed by atoms with Gasteiger partial charge in [-0.2, -0.15) is 0 Å². The molecule has 0 radical (unpaired) electrons. The van der Waals surface area contributed by atoms with Gasteiger partial charge < -0.3 is 20.4 Å². The summed E-state index contributed by atoms with van der Waals surface area (Å²) in [5.41, 5.74) is 3.39. The van der Waals surface area contributed by atoms with Crippen molar-refractivity contribution >= 4 is 40.2 Å². The van der Waals surface area contributed by atoms with Gasteiger partial charge in [0.25, 0.3) is 0 Å². The highest BCUT2D eigenvalue weighted by Gasteiger charge is 2.24. The number of rotatable bonds is 7. The fraction of sp³-hybridized carbons (Fsp3) is 0.304. The van der Waals surface area contributed by atoms with Crippen LogP contribution in [0.4, 0.5) is 10.5 Å². The highest BCUT2D eigenvalue weighted by molar-refractivity contribution is 6.30. The monoisotopic (exact) mass is 427 g/mol. The Labute approximate surface area is 181 Å². The zero-order valence-corrected chi connectivity index (χ0v) is 18.0. The molecule has 3 aromatic rings. The van der Waals surface area contributed by atoms with Gasteiger partial charge in [0.1, 0.15) is 6.04 Å². The van der Waals surface area contributed by atoms with Crippen LogP contribution in [0.25, 0.3) is 10.9 Å². The largest absolute Gasteiger partial charge is 0.449 e. The van der Waals surface area contributed by atoms with E-state index in [2.05, 4.69) is 15.6 Å². The fourth-order valence-electron chi connectivity index (χ4n) is 3.14. The predicted octanol–water partition coefficient (Wildman–Crippen LogP) is 5.06. The number of alkyl carbamates (subject to hydrolysis) is 1. The third-order valence-corrected chi connectivity index (χ3v) is 4.94. The van der Waals surface area contributed by atoms with Crippen LogP contribution in [-0.2, 0) is 16.0 Å². The summed E-state index contributed by atoms with van der Waals surface area (Å²) in [6.45, 7) is 6.05. The maximum atomic E-state index is 13.1. The first-order valence-corrected chi connectivity index (χ1v) is 10.3. The topological polar surface area (TPSA) is 83.2 Å². The number of benzene rings is 2. The van der Waals surface area contributed by atoms with E-state index in [1.807, 2.05) is 51.2 Å². The van der Waals surface area contributed by atoms with Gasteiger partial charge in [-0.05, 0) is 48.2 Å². The van der Waals surface area contributed by atoms with Crippen molar-refractivity contribution in [3.8, 4) is 0 Å². The number of H-pyrrole nitrogens is 1. The van der Waals surface area contributed by atoms with E-state index in [4.69, 9.17) is 16.3 Å². The number of para-hydroxylation sites is 1. The van der Waals surface area contributed by atoms with Gasteiger partial charge in [0.15, 0.2) is 0 Å². The molecule has 30 heavy (non-hydrogen) atoms. The van der Waals surface area contributed by atoms with Gasteiger partial charge in [0, 0.05) is 34.2 Å². The van der Waals surface area contributed by atoms with Gasteiger partial charge in [0.05, 0.1) is 6.61 Å². The first-order chi connectivity index (χ1) is 14.3. The molecule has 6 nitrogen and oxygen atoms in total. The number of hydrogen-bond acceptors (Lipinski definition) is 3. The molecule has 0 aliphatic heterocycles. The van der Waals surface area contributed by atoms with Crippen molar-refractivity contribution in [3.05, 3.63) is 64.8 Å². The lowest BCUT2D eigenvalue weighted by Crippen LogP contribution is -2.45. The minimum Gasteiger partial charge on any atom is -0.449 e. The van der Waals surface area contributed by atoms with Crippen molar-refractivity contribution in [3.63, 3.8) is 0 Å². The Morgan fingerprint density at radius 2 is 1.93 bits per heavy atom. The third kappa shape index (κ3) is 5.54. The molecule has 1 aromatic heterocycles. The maximum Gasteiger partial charge on any atom is 0.407 e. The number of aromatic amines is 1. The van der Waals surface area contributed by atoms with Crippen LogP contribution in [0.5, 0.6) is 0 Å². The number of fused-ring (bicyclic) bond motifs is 1. The summed E-state index contributed by atoms with van der Waals surface area (Å²) >= 11 is 6.01. The van der Waals surface area contributed by atoms with E-state index in [1.165, 1.54) is 0 Å². The van der Waals surface area contributed by atoms with Crippen LogP contribution in [0, 0.1) is 12.8 Å². The lowest BCUT2D eigenvalue weighted by Gasteiger charge is -2.19. The molecule has 0 spiro atoms. The van der Waals surface area contributed by atoms with Crippen LogP contribution in [0.1, 0.15) is 25.0 Å². The highest BCUT2D eigenvalue weighted by Crippen LogP contribution is 2.22. The van der Waals surface area contributed by atoms with Crippen LogP contribution in [-0.4, -0.2) is 29.6 Å². The summed E-state index contributed by atoms with van der Waals surface area (Å²) in [5.74, 6) is -0.124. The molecule has 0 saturated carbocycles. The molecule has 0 bridgehead atoms. The molecular weight excluding hydrogens is 402 g/mol. The number of amides is 2. The molecule has 0 saturated heterocycles. The van der Waals surface area contributed by atoms with E-state index in [-0.39, 0.29) is 18.4 Å². The van der Waals surface area contributed by atoms with Crippen LogP contribution < -0.4 is 10.6 Å². The number of aryl methyl sites for hydroxylation is 1. The van der Waals surface area contributed by atoms with E-state index >= 15 is 0 Å². The highest BCUT2D eigenvalue weighted by atomic mass is 35.5. The Morgan fingerprint density at radius 3 is 2.67 bits per heavy atom. The average Bonchev–Trinajstić information content (AvgIpc) is 3.11. The lowest BCUT2D eigenvalue weighted by atomic mass is 10.0. The summed E-state index contributed by atoms with van der Waals surface area (Å²) < 4.78 is 5.23. The molecule has 1 heterocycles. The smallest absolute Gasteiger partial charge is 0.407 e. The van der Waals surface area contributed by atoms with Gasteiger partial charge in [-0.25, -0.2) is 4.79 Å². The Morgan fingerprint density at radius 1 is 1.17 bits per heavy atom. The second kappa shape index (κ2) is 9.67. The fourth-order valence-corrected chi connectivity index (χ4v) is 3.37. The minimum atomic E-state index is -0.807. The Balaban J connectivity index is 1.80. The van der Waals surface area contributed by atoms with Gasteiger partial charge >= 0.3 is 6.09 Å². The molecule has 0 aliphatic rings. The average molecular weight is 428 g/mol. The summed E-state index contributed by atoms with van der Waals surface area (Å²) in [4.78, 5) is 28.5. The van der Waals surface area contributed by atoms with Gasteiger partial charge in [-0.15, -0.1) is 0 Å². The lowest BCUT2D eigenvalue weighted by molar-refractivity contribution is -0.118. The van der Waals surface area contributed by atoms with Crippen LogP contribution in [0.3, 0.4) is 0 Å². The minimum absolute atomic E-state index is 0.202. The molecule has 2 amide bonds. The molecular formula is C23H26ClN3O3. The molecule has 3 rings (SSSR count). The SMILES string of the molecule is Cc1cc(Cl)ccc1NC(=O)[C@H](Cc1c[nH]c2ccccc12)NC(=O)OCC(C)C. The molecule has 3 N–H and O–H groups in total. The molecule has 1 atom stereocenters. The Hall–Kier alpha value is -2.99. The predicted molar refractivity (Wildman–Crippen MR) is 120 cm³/mol. The number of halogens is 1. The normalized spacial score (nSPS) is 12.0. The first kappa shape index (κ1) is 21.7. The third-order valence-electron chi connectivity index (χ3n) is 4.70. The standard InChI is InChI=1S/C23H26ClN3O3/c1-14(2)13-30-23(29)27-21(11-16-12-25-20-7-5-4-6-18(16)20)22(28)26-19-9-8-17(24)10-15(19)3/h4-10,12,14,21,25H,11,13H2,1-3H3,(H,26,28)(H,27,29)/t21-/m0/s1.